The van der Waals surface area contributed by atoms with Crippen molar-refractivity contribution in [1.82, 2.24) is 4.90 Å². The molecule has 0 radical (unpaired) electrons. The normalized spacial score (nSPS) is 11.9. The summed E-state index contributed by atoms with van der Waals surface area (Å²) in [6, 6.07) is 1.64. The molecule has 0 fully saturated rings. The van der Waals surface area contributed by atoms with E-state index < -0.39 is 35.2 Å². The van der Waals surface area contributed by atoms with Crippen LogP contribution in [0.5, 0.6) is 0 Å². The van der Waals surface area contributed by atoms with E-state index in [0.29, 0.717) is 25.6 Å². The van der Waals surface area contributed by atoms with Crippen molar-refractivity contribution in [3.63, 3.8) is 0 Å². The molecule has 1 rings (SSSR count). The standard InChI is InChI=1S/C18H25F3N2O3/c1-4-6-10-26-12(3)18(25)23(9-5-2)11-15(24)22-14-8-7-13(19)16(20)17(14)21/h7-8,12H,4-6,9-11H2,1-3H3,(H,22,24). The molecule has 0 saturated heterocycles. The Labute approximate surface area is 151 Å². The van der Waals surface area contributed by atoms with Crippen molar-refractivity contribution in [2.24, 2.45) is 0 Å². The molecule has 5 nitrogen and oxygen atoms in total. The molecule has 0 aliphatic carbocycles. The summed E-state index contributed by atoms with van der Waals surface area (Å²) >= 11 is 0. The number of ether oxygens (including phenoxy) is 1. The lowest BCUT2D eigenvalue weighted by Gasteiger charge is -2.25. The monoisotopic (exact) mass is 374 g/mol. The molecule has 0 bridgehead atoms. The Morgan fingerprint density at radius 2 is 1.85 bits per heavy atom. The zero-order chi connectivity index (χ0) is 19.7. The number of hydrogen-bond acceptors (Lipinski definition) is 3. The first-order chi connectivity index (χ1) is 12.3. The lowest BCUT2D eigenvalue weighted by molar-refractivity contribution is -0.144. The Hall–Kier alpha value is -2.09. The zero-order valence-corrected chi connectivity index (χ0v) is 15.3. The highest BCUT2D eigenvalue weighted by Gasteiger charge is 2.23. The minimum atomic E-state index is -1.66. The topological polar surface area (TPSA) is 58.6 Å². The van der Waals surface area contributed by atoms with E-state index in [-0.39, 0.29) is 12.5 Å². The fraction of sp³-hybridized carbons (Fsp3) is 0.556. The van der Waals surface area contributed by atoms with Gasteiger partial charge in [0, 0.05) is 13.2 Å². The largest absolute Gasteiger partial charge is 0.369 e. The van der Waals surface area contributed by atoms with Gasteiger partial charge in [-0.25, -0.2) is 13.2 Å². The van der Waals surface area contributed by atoms with Crippen LogP contribution in [0.3, 0.4) is 0 Å². The van der Waals surface area contributed by atoms with E-state index in [9.17, 15) is 22.8 Å². The SMILES string of the molecule is CCCCOC(C)C(=O)N(CCC)CC(=O)Nc1ccc(F)c(F)c1F. The van der Waals surface area contributed by atoms with E-state index in [1.54, 1.807) is 6.92 Å². The van der Waals surface area contributed by atoms with Gasteiger partial charge in [0.1, 0.15) is 6.10 Å². The Balaban J connectivity index is 2.73. The molecule has 0 aliphatic heterocycles. The number of unbranched alkanes of at least 4 members (excludes halogenated alkanes) is 1. The fourth-order valence-electron chi connectivity index (χ4n) is 2.26. The summed E-state index contributed by atoms with van der Waals surface area (Å²) in [5.41, 5.74) is -0.481. The zero-order valence-electron chi connectivity index (χ0n) is 15.3. The molecule has 1 aromatic rings. The van der Waals surface area contributed by atoms with E-state index in [4.69, 9.17) is 4.74 Å². The number of carbonyl (C=O) groups excluding carboxylic acids is 2. The number of nitrogens with one attached hydrogen (secondary N) is 1. The maximum Gasteiger partial charge on any atom is 0.251 e. The first-order valence-electron chi connectivity index (χ1n) is 8.65. The molecule has 146 valence electrons. The quantitative estimate of drug-likeness (QED) is 0.504. The summed E-state index contributed by atoms with van der Waals surface area (Å²) in [6.45, 7) is 5.86. The molecule has 1 N–H and O–H groups in total. The molecule has 1 atom stereocenters. The van der Waals surface area contributed by atoms with E-state index in [2.05, 4.69) is 5.32 Å². The van der Waals surface area contributed by atoms with Crippen molar-refractivity contribution in [2.45, 2.75) is 46.1 Å². The van der Waals surface area contributed by atoms with Crippen LogP contribution in [-0.4, -0.2) is 42.5 Å². The Morgan fingerprint density at radius 1 is 1.15 bits per heavy atom. The second kappa shape index (κ2) is 10.8. The van der Waals surface area contributed by atoms with Crippen molar-refractivity contribution in [3.05, 3.63) is 29.6 Å². The van der Waals surface area contributed by atoms with Crippen LogP contribution in [0.25, 0.3) is 0 Å². The minimum absolute atomic E-state index is 0.313. The average Bonchev–Trinajstić information content (AvgIpc) is 2.61. The number of halogens is 3. The third-order valence-electron chi connectivity index (χ3n) is 3.66. The second-order valence-electron chi connectivity index (χ2n) is 5.90. The highest BCUT2D eigenvalue weighted by molar-refractivity contribution is 5.95. The Bertz CT molecular complexity index is 626. The number of amides is 2. The van der Waals surface area contributed by atoms with Gasteiger partial charge < -0.3 is 15.0 Å². The maximum absolute atomic E-state index is 13.6. The van der Waals surface area contributed by atoms with Crippen molar-refractivity contribution in [3.8, 4) is 0 Å². The number of hydrogen-bond donors (Lipinski definition) is 1. The average molecular weight is 374 g/mol. The van der Waals surface area contributed by atoms with Gasteiger partial charge in [0.2, 0.25) is 5.91 Å². The lowest BCUT2D eigenvalue weighted by Crippen LogP contribution is -2.44. The van der Waals surface area contributed by atoms with Crippen LogP contribution in [0.15, 0.2) is 12.1 Å². The van der Waals surface area contributed by atoms with Crippen LogP contribution in [0.1, 0.15) is 40.0 Å². The predicted molar refractivity (Wildman–Crippen MR) is 92.1 cm³/mol. The van der Waals surface area contributed by atoms with Crippen LogP contribution in [0, 0.1) is 17.5 Å². The third kappa shape index (κ3) is 6.33. The molecule has 1 aromatic carbocycles. The van der Waals surface area contributed by atoms with Crippen molar-refractivity contribution >= 4 is 17.5 Å². The molecule has 1 unspecified atom stereocenters. The lowest BCUT2D eigenvalue weighted by atomic mass is 10.2. The first-order valence-corrected chi connectivity index (χ1v) is 8.65. The minimum Gasteiger partial charge on any atom is -0.369 e. The van der Waals surface area contributed by atoms with E-state index in [1.807, 2.05) is 13.8 Å². The number of benzene rings is 1. The van der Waals surface area contributed by atoms with E-state index in [1.165, 1.54) is 4.90 Å². The van der Waals surface area contributed by atoms with Gasteiger partial charge in [-0.3, -0.25) is 9.59 Å². The Morgan fingerprint density at radius 3 is 2.46 bits per heavy atom. The smallest absolute Gasteiger partial charge is 0.251 e. The van der Waals surface area contributed by atoms with Crippen molar-refractivity contribution < 1.29 is 27.5 Å². The summed E-state index contributed by atoms with van der Waals surface area (Å²) in [7, 11) is 0. The molecule has 0 saturated carbocycles. The van der Waals surface area contributed by atoms with Gasteiger partial charge in [-0.1, -0.05) is 20.3 Å². The van der Waals surface area contributed by atoms with Gasteiger partial charge in [-0.15, -0.1) is 0 Å². The number of rotatable bonds is 10. The summed E-state index contributed by atoms with van der Waals surface area (Å²) in [5, 5.41) is 2.16. The molecule has 0 heterocycles. The first kappa shape index (κ1) is 22.0. The summed E-state index contributed by atoms with van der Waals surface area (Å²) in [4.78, 5) is 25.8. The van der Waals surface area contributed by atoms with Crippen molar-refractivity contribution in [2.75, 3.05) is 25.0 Å². The third-order valence-corrected chi connectivity index (χ3v) is 3.66. The van der Waals surface area contributed by atoms with Gasteiger partial charge >= 0.3 is 0 Å². The van der Waals surface area contributed by atoms with Gasteiger partial charge in [0.25, 0.3) is 5.91 Å². The fourth-order valence-corrected chi connectivity index (χ4v) is 2.26. The van der Waals surface area contributed by atoms with E-state index in [0.717, 1.165) is 18.9 Å². The second-order valence-corrected chi connectivity index (χ2v) is 5.90. The van der Waals surface area contributed by atoms with Gasteiger partial charge in [-0.2, -0.15) is 0 Å². The molecule has 8 heteroatoms. The van der Waals surface area contributed by atoms with Gasteiger partial charge in [-0.05, 0) is 31.9 Å². The van der Waals surface area contributed by atoms with Crippen LogP contribution < -0.4 is 5.32 Å². The Kier molecular flexibility index (Phi) is 9.12. The van der Waals surface area contributed by atoms with Crippen LogP contribution in [0.2, 0.25) is 0 Å². The number of carbonyl (C=O) groups is 2. The molecule has 0 aromatic heterocycles. The van der Waals surface area contributed by atoms with Gasteiger partial charge in [0.15, 0.2) is 17.5 Å². The maximum atomic E-state index is 13.6. The highest BCUT2D eigenvalue weighted by atomic mass is 19.2. The molecule has 26 heavy (non-hydrogen) atoms. The van der Waals surface area contributed by atoms with E-state index >= 15 is 0 Å². The highest BCUT2D eigenvalue weighted by Crippen LogP contribution is 2.19. The predicted octanol–water partition coefficient (Wildman–Crippen LogP) is 3.49. The number of nitrogens with zero attached hydrogens (tertiary/aromatic N) is 1. The molecule has 0 aliphatic rings. The van der Waals surface area contributed by atoms with Crippen LogP contribution in [0.4, 0.5) is 18.9 Å². The van der Waals surface area contributed by atoms with Gasteiger partial charge in [0.05, 0.1) is 12.2 Å². The molecular weight excluding hydrogens is 349 g/mol. The molecule has 0 spiro atoms. The van der Waals surface area contributed by atoms with Crippen LogP contribution in [-0.2, 0) is 14.3 Å². The summed E-state index contributed by atoms with van der Waals surface area (Å²) in [5.74, 6) is -5.56. The van der Waals surface area contributed by atoms with Crippen LogP contribution >= 0.6 is 0 Å². The molecule has 2 amide bonds. The summed E-state index contributed by atoms with van der Waals surface area (Å²) in [6.07, 6.45) is 1.66. The van der Waals surface area contributed by atoms with Crippen molar-refractivity contribution in [1.29, 1.82) is 0 Å². The summed E-state index contributed by atoms with van der Waals surface area (Å²) < 4.78 is 45.2. The molecular formula is C18H25F3N2O3. The number of anilines is 1.